The highest BCUT2D eigenvalue weighted by Crippen LogP contribution is 2.39. The summed E-state index contributed by atoms with van der Waals surface area (Å²) >= 11 is 1.62. The predicted octanol–water partition coefficient (Wildman–Crippen LogP) is 5.13. The zero-order valence-corrected chi connectivity index (χ0v) is 12.3. The molecular formula is C18H13NOS. The van der Waals surface area contributed by atoms with E-state index in [0.717, 1.165) is 31.6 Å². The van der Waals surface area contributed by atoms with Crippen molar-refractivity contribution in [1.29, 1.82) is 0 Å². The van der Waals surface area contributed by atoms with Gasteiger partial charge in [-0.15, -0.1) is 11.3 Å². The number of hydrogen-bond donors (Lipinski definition) is 1. The molecule has 3 aromatic carbocycles. The van der Waals surface area contributed by atoms with E-state index in [9.17, 15) is 5.11 Å². The van der Waals surface area contributed by atoms with Crippen LogP contribution in [0.15, 0.2) is 54.6 Å². The van der Waals surface area contributed by atoms with E-state index in [2.05, 4.69) is 24.0 Å². The topological polar surface area (TPSA) is 33.1 Å². The Bertz CT molecular complexity index is 971. The van der Waals surface area contributed by atoms with Crippen molar-refractivity contribution in [3.63, 3.8) is 0 Å². The number of aryl methyl sites for hydroxylation is 1. The smallest absolute Gasteiger partial charge is 0.133 e. The highest BCUT2D eigenvalue weighted by Gasteiger charge is 2.12. The number of rotatable bonds is 1. The number of fused-ring (bicyclic) bond motifs is 2. The highest BCUT2D eigenvalue weighted by atomic mass is 32.1. The number of aromatic nitrogens is 1. The lowest BCUT2D eigenvalue weighted by atomic mass is 10.1. The third-order valence-corrected chi connectivity index (χ3v) is 4.73. The van der Waals surface area contributed by atoms with Gasteiger partial charge in [0.2, 0.25) is 0 Å². The molecule has 3 heteroatoms. The number of benzene rings is 3. The molecule has 1 aromatic heterocycles. The fraction of sp³-hybridized carbons (Fsp3) is 0.0556. The zero-order valence-electron chi connectivity index (χ0n) is 11.5. The van der Waals surface area contributed by atoms with E-state index in [0.29, 0.717) is 5.75 Å². The molecule has 0 aliphatic carbocycles. The molecule has 1 heterocycles. The van der Waals surface area contributed by atoms with Crippen molar-refractivity contribution < 1.29 is 5.11 Å². The second-order valence-corrected chi connectivity index (χ2v) is 6.20. The Morgan fingerprint density at radius 1 is 1.00 bits per heavy atom. The number of thiazole rings is 1. The minimum Gasteiger partial charge on any atom is -0.507 e. The Kier molecular flexibility index (Phi) is 2.69. The first-order valence-electron chi connectivity index (χ1n) is 6.81. The molecule has 102 valence electrons. The summed E-state index contributed by atoms with van der Waals surface area (Å²) in [7, 11) is 0. The van der Waals surface area contributed by atoms with Crippen molar-refractivity contribution in [2.45, 2.75) is 6.92 Å². The minimum absolute atomic E-state index is 0.309. The summed E-state index contributed by atoms with van der Waals surface area (Å²) in [4.78, 5) is 4.65. The molecule has 0 bridgehead atoms. The molecule has 0 unspecified atom stereocenters. The van der Waals surface area contributed by atoms with Gasteiger partial charge in [-0.05, 0) is 36.1 Å². The molecule has 1 N–H and O–H groups in total. The summed E-state index contributed by atoms with van der Waals surface area (Å²) in [6.45, 7) is 2.08. The first-order valence-corrected chi connectivity index (χ1v) is 7.62. The van der Waals surface area contributed by atoms with Crippen LogP contribution in [-0.2, 0) is 0 Å². The number of nitrogens with zero attached hydrogens (tertiary/aromatic N) is 1. The van der Waals surface area contributed by atoms with Gasteiger partial charge in [0.05, 0.1) is 15.8 Å². The fourth-order valence-corrected chi connectivity index (χ4v) is 3.66. The lowest BCUT2D eigenvalue weighted by Crippen LogP contribution is -1.80. The van der Waals surface area contributed by atoms with Crippen molar-refractivity contribution in [2.75, 3.05) is 0 Å². The summed E-state index contributed by atoms with van der Waals surface area (Å²) in [5, 5.41) is 13.3. The summed E-state index contributed by atoms with van der Waals surface area (Å²) < 4.78 is 1.15. The number of phenols is 1. The largest absolute Gasteiger partial charge is 0.507 e. The fourth-order valence-electron chi connectivity index (χ4n) is 2.57. The van der Waals surface area contributed by atoms with Gasteiger partial charge in [-0.2, -0.15) is 0 Å². The van der Waals surface area contributed by atoms with Gasteiger partial charge in [-0.3, -0.25) is 0 Å². The predicted molar refractivity (Wildman–Crippen MR) is 89.0 cm³/mol. The first-order chi connectivity index (χ1) is 10.2. The Balaban J connectivity index is 1.97. The molecule has 0 amide bonds. The van der Waals surface area contributed by atoms with Crippen molar-refractivity contribution in [2.24, 2.45) is 0 Å². The maximum absolute atomic E-state index is 10.5. The van der Waals surface area contributed by atoms with Gasteiger partial charge in [-0.25, -0.2) is 4.98 Å². The normalized spacial score (nSPS) is 11.3. The molecule has 0 radical (unpaired) electrons. The van der Waals surface area contributed by atoms with Crippen LogP contribution in [0.3, 0.4) is 0 Å². The molecule has 0 spiro atoms. The van der Waals surface area contributed by atoms with E-state index in [4.69, 9.17) is 0 Å². The van der Waals surface area contributed by atoms with Crippen LogP contribution in [0.1, 0.15) is 5.56 Å². The Labute approximate surface area is 126 Å². The van der Waals surface area contributed by atoms with Gasteiger partial charge < -0.3 is 5.11 Å². The third-order valence-electron chi connectivity index (χ3n) is 3.67. The van der Waals surface area contributed by atoms with Crippen LogP contribution in [0.5, 0.6) is 5.75 Å². The van der Waals surface area contributed by atoms with E-state index in [1.165, 1.54) is 5.56 Å². The van der Waals surface area contributed by atoms with E-state index in [1.807, 2.05) is 42.5 Å². The van der Waals surface area contributed by atoms with Crippen LogP contribution in [0.2, 0.25) is 0 Å². The van der Waals surface area contributed by atoms with Crippen molar-refractivity contribution in [1.82, 2.24) is 4.98 Å². The van der Waals surface area contributed by atoms with Crippen molar-refractivity contribution in [3.8, 4) is 16.3 Å². The van der Waals surface area contributed by atoms with Crippen LogP contribution in [0.4, 0.5) is 0 Å². The molecule has 0 saturated heterocycles. The van der Waals surface area contributed by atoms with E-state index < -0.39 is 0 Å². The summed E-state index contributed by atoms with van der Waals surface area (Å²) in [5.41, 5.74) is 3.00. The minimum atomic E-state index is 0.309. The molecule has 21 heavy (non-hydrogen) atoms. The molecule has 4 rings (SSSR count). The lowest BCUT2D eigenvalue weighted by Gasteiger charge is -2.05. The second-order valence-electron chi connectivity index (χ2n) is 5.17. The van der Waals surface area contributed by atoms with Crippen LogP contribution in [-0.4, -0.2) is 10.1 Å². The Morgan fingerprint density at radius 2 is 1.86 bits per heavy atom. The van der Waals surface area contributed by atoms with Gasteiger partial charge >= 0.3 is 0 Å². The van der Waals surface area contributed by atoms with Gasteiger partial charge in [0.25, 0.3) is 0 Å². The van der Waals surface area contributed by atoms with Crippen LogP contribution in [0, 0.1) is 6.92 Å². The standard InChI is InChI=1S/C18H13NOS/c1-11-6-9-15-16(10-11)21-18(19-15)14-8-7-12-4-2-3-5-13(12)17(14)20/h2-10,20H,1H3. The van der Waals surface area contributed by atoms with E-state index >= 15 is 0 Å². The summed E-state index contributed by atoms with van der Waals surface area (Å²) in [6.07, 6.45) is 0. The molecule has 0 fully saturated rings. The molecule has 4 aromatic rings. The Hall–Kier alpha value is -2.39. The number of hydrogen-bond acceptors (Lipinski definition) is 3. The monoisotopic (exact) mass is 291 g/mol. The van der Waals surface area contributed by atoms with Crippen LogP contribution >= 0.6 is 11.3 Å². The van der Waals surface area contributed by atoms with Crippen LogP contribution < -0.4 is 0 Å². The Morgan fingerprint density at radius 3 is 2.76 bits per heavy atom. The molecule has 0 saturated carbocycles. The van der Waals surface area contributed by atoms with Crippen molar-refractivity contribution in [3.05, 3.63) is 60.2 Å². The lowest BCUT2D eigenvalue weighted by molar-refractivity contribution is 0.483. The summed E-state index contributed by atoms with van der Waals surface area (Å²) in [6, 6.07) is 18.1. The molecule has 0 aliphatic heterocycles. The van der Waals surface area contributed by atoms with E-state index in [1.54, 1.807) is 11.3 Å². The van der Waals surface area contributed by atoms with Gasteiger partial charge in [-0.1, -0.05) is 36.4 Å². The molecule has 0 aliphatic rings. The molecule has 0 atom stereocenters. The maximum Gasteiger partial charge on any atom is 0.133 e. The average molecular weight is 291 g/mol. The molecule has 2 nitrogen and oxygen atoms in total. The highest BCUT2D eigenvalue weighted by molar-refractivity contribution is 7.21. The number of phenolic OH excluding ortho intramolecular Hbond substituents is 1. The van der Waals surface area contributed by atoms with E-state index in [-0.39, 0.29) is 0 Å². The van der Waals surface area contributed by atoms with Gasteiger partial charge in [0, 0.05) is 5.39 Å². The average Bonchev–Trinajstić information content (AvgIpc) is 2.90. The van der Waals surface area contributed by atoms with Crippen molar-refractivity contribution >= 4 is 32.3 Å². The number of aromatic hydroxyl groups is 1. The van der Waals surface area contributed by atoms with Gasteiger partial charge in [0.15, 0.2) is 0 Å². The van der Waals surface area contributed by atoms with Gasteiger partial charge in [0.1, 0.15) is 10.8 Å². The zero-order chi connectivity index (χ0) is 14.4. The second kappa shape index (κ2) is 4.57. The molecular weight excluding hydrogens is 278 g/mol. The SMILES string of the molecule is Cc1ccc2nc(-c3ccc4ccccc4c3O)sc2c1. The maximum atomic E-state index is 10.5. The third kappa shape index (κ3) is 1.98. The first kappa shape index (κ1) is 12.4. The van der Waals surface area contributed by atoms with Crippen LogP contribution in [0.25, 0.3) is 31.6 Å². The quantitative estimate of drug-likeness (QED) is 0.527. The summed E-state index contributed by atoms with van der Waals surface area (Å²) in [5.74, 6) is 0.309.